The summed E-state index contributed by atoms with van der Waals surface area (Å²) in [7, 11) is 0. The molecule has 2 N–H and O–H groups in total. The molecule has 5 heteroatoms. The average Bonchev–Trinajstić information content (AvgIpc) is 2.32. The molecule has 2 rings (SSSR count). The Kier molecular flexibility index (Phi) is 3.26. The van der Waals surface area contributed by atoms with Crippen LogP contribution in [0.15, 0.2) is 41.1 Å². The molecule has 17 heavy (non-hydrogen) atoms. The molecule has 1 aromatic heterocycles. The molecule has 0 aliphatic heterocycles. The molecular formula is C12H8BrN3O. The number of nitrogens with two attached hydrogens (primary N) is 1. The van der Waals surface area contributed by atoms with E-state index in [1.807, 2.05) is 6.07 Å². The van der Waals surface area contributed by atoms with E-state index in [0.717, 1.165) is 4.47 Å². The lowest BCUT2D eigenvalue weighted by atomic mass is 10.2. The zero-order chi connectivity index (χ0) is 12.3. The van der Waals surface area contributed by atoms with Crippen molar-refractivity contribution in [1.29, 1.82) is 5.26 Å². The van der Waals surface area contributed by atoms with Crippen molar-refractivity contribution in [3.8, 4) is 17.6 Å². The predicted octanol–water partition coefficient (Wildman–Crippen LogP) is 3.09. The van der Waals surface area contributed by atoms with Gasteiger partial charge >= 0.3 is 0 Å². The van der Waals surface area contributed by atoms with Gasteiger partial charge in [-0.2, -0.15) is 5.26 Å². The maximum absolute atomic E-state index is 8.85. The second kappa shape index (κ2) is 4.85. The molecule has 1 aromatic carbocycles. The minimum Gasteiger partial charge on any atom is -0.453 e. The number of halogens is 1. The van der Waals surface area contributed by atoms with Gasteiger partial charge in [0, 0.05) is 10.7 Å². The van der Waals surface area contributed by atoms with E-state index in [1.54, 1.807) is 36.7 Å². The third kappa shape index (κ3) is 2.55. The first-order valence-electron chi connectivity index (χ1n) is 4.77. The number of hydrogen-bond acceptors (Lipinski definition) is 4. The summed E-state index contributed by atoms with van der Waals surface area (Å²) in [4.78, 5) is 3.97. The largest absolute Gasteiger partial charge is 0.453 e. The van der Waals surface area contributed by atoms with Crippen molar-refractivity contribution in [2.45, 2.75) is 0 Å². The molecule has 0 aliphatic carbocycles. The predicted molar refractivity (Wildman–Crippen MR) is 67.6 cm³/mol. The van der Waals surface area contributed by atoms with Crippen molar-refractivity contribution in [1.82, 2.24) is 4.98 Å². The standard InChI is InChI=1S/C12H8BrN3O/c13-9-4-10(7-16-6-9)17-11-3-1-2-8(5-14)12(11)15/h1-4,6-7H,15H2. The van der Waals surface area contributed by atoms with Crippen molar-refractivity contribution in [3.63, 3.8) is 0 Å². The minimum absolute atomic E-state index is 0.329. The number of hydrogen-bond donors (Lipinski definition) is 1. The summed E-state index contributed by atoms with van der Waals surface area (Å²) in [5, 5.41) is 8.85. The number of pyridine rings is 1. The summed E-state index contributed by atoms with van der Waals surface area (Å²) in [5.41, 5.74) is 6.52. The average molecular weight is 290 g/mol. The highest BCUT2D eigenvalue weighted by Gasteiger charge is 2.06. The van der Waals surface area contributed by atoms with Gasteiger partial charge < -0.3 is 10.5 Å². The van der Waals surface area contributed by atoms with E-state index >= 15 is 0 Å². The van der Waals surface area contributed by atoms with Crippen LogP contribution in [-0.2, 0) is 0 Å². The monoisotopic (exact) mass is 289 g/mol. The van der Waals surface area contributed by atoms with Gasteiger partial charge in [-0.05, 0) is 34.1 Å². The number of para-hydroxylation sites is 1. The van der Waals surface area contributed by atoms with Gasteiger partial charge in [-0.1, -0.05) is 6.07 Å². The van der Waals surface area contributed by atoms with Crippen LogP contribution in [-0.4, -0.2) is 4.98 Å². The Balaban J connectivity index is 2.34. The van der Waals surface area contributed by atoms with Gasteiger partial charge in [0.25, 0.3) is 0 Å². The number of aromatic nitrogens is 1. The van der Waals surface area contributed by atoms with Crippen LogP contribution >= 0.6 is 15.9 Å². The molecule has 0 amide bonds. The summed E-state index contributed by atoms with van der Waals surface area (Å²) in [6.45, 7) is 0. The minimum atomic E-state index is 0.329. The van der Waals surface area contributed by atoms with Crippen molar-refractivity contribution in [2.75, 3.05) is 5.73 Å². The van der Waals surface area contributed by atoms with Gasteiger partial charge in [-0.3, -0.25) is 4.98 Å². The van der Waals surface area contributed by atoms with Crippen LogP contribution in [0.4, 0.5) is 5.69 Å². The van der Waals surface area contributed by atoms with Crippen molar-refractivity contribution < 1.29 is 4.74 Å². The van der Waals surface area contributed by atoms with Crippen LogP contribution < -0.4 is 10.5 Å². The summed E-state index contributed by atoms with van der Waals surface area (Å²) in [6.07, 6.45) is 3.23. The molecule has 0 unspecified atom stereocenters. The molecule has 0 spiro atoms. The molecule has 0 fully saturated rings. The van der Waals surface area contributed by atoms with Crippen LogP contribution in [0, 0.1) is 11.3 Å². The molecule has 0 atom stereocenters. The molecule has 0 saturated heterocycles. The molecule has 0 saturated carbocycles. The first kappa shape index (κ1) is 11.4. The maximum atomic E-state index is 8.85. The zero-order valence-electron chi connectivity index (χ0n) is 8.72. The summed E-state index contributed by atoms with van der Waals surface area (Å²) >= 11 is 3.30. The van der Waals surface area contributed by atoms with E-state index in [4.69, 9.17) is 15.7 Å². The Labute approximate surface area is 107 Å². The van der Waals surface area contributed by atoms with Crippen LogP contribution in [0.25, 0.3) is 0 Å². The Morgan fingerprint density at radius 2 is 2.18 bits per heavy atom. The molecule has 84 valence electrons. The smallest absolute Gasteiger partial charge is 0.151 e. The fourth-order valence-electron chi connectivity index (χ4n) is 1.31. The fourth-order valence-corrected chi connectivity index (χ4v) is 1.65. The Morgan fingerprint density at radius 3 is 2.88 bits per heavy atom. The van der Waals surface area contributed by atoms with Gasteiger partial charge in [0.1, 0.15) is 11.8 Å². The number of benzene rings is 1. The van der Waals surface area contributed by atoms with E-state index in [1.165, 1.54) is 0 Å². The Morgan fingerprint density at radius 1 is 1.35 bits per heavy atom. The molecule has 4 nitrogen and oxygen atoms in total. The lowest BCUT2D eigenvalue weighted by Crippen LogP contribution is -1.95. The highest BCUT2D eigenvalue weighted by molar-refractivity contribution is 9.10. The van der Waals surface area contributed by atoms with E-state index in [-0.39, 0.29) is 0 Å². The number of nitrogen functional groups attached to an aromatic ring is 1. The number of rotatable bonds is 2. The quantitative estimate of drug-likeness (QED) is 0.863. The molecule has 2 aromatic rings. The first-order valence-corrected chi connectivity index (χ1v) is 5.57. The van der Waals surface area contributed by atoms with Crippen LogP contribution in [0.1, 0.15) is 5.56 Å². The Hall–Kier alpha value is -2.06. The van der Waals surface area contributed by atoms with Gasteiger partial charge in [0.05, 0.1) is 17.4 Å². The van der Waals surface area contributed by atoms with Crippen molar-refractivity contribution >= 4 is 21.6 Å². The molecule has 0 radical (unpaired) electrons. The number of anilines is 1. The lowest BCUT2D eigenvalue weighted by Gasteiger charge is -2.08. The van der Waals surface area contributed by atoms with E-state index < -0.39 is 0 Å². The number of ether oxygens (including phenoxy) is 1. The third-order valence-electron chi connectivity index (χ3n) is 2.09. The van der Waals surface area contributed by atoms with E-state index in [2.05, 4.69) is 20.9 Å². The highest BCUT2D eigenvalue weighted by atomic mass is 79.9. The van der Waals surface area contributed by atoms with Crippen LogP contribution in [0.5, 0.6) is 11.5 Å². The molecular weight excluding hydrogens is 282 g/mol. The fraction of sp³-hybridized carbons (Fsp3) is 0. The molecule has 0 bridgehead atoms. The maximum Gasteiger partial charge on any atom is 0.151 e. The summed E-state index contributed by atoms with van der Waals surface area (Å²) < 4.78 is 6.37. The van der Waals surface area contributed by atoms with Gasteiger partial charge in [0.2, 0.25) is 0 Å². The highest BCUT2D eigenvalue weighted by Crippen LogP contribution is 2.30. The first-order chi connectivity index (χ1) is 8.20. The van der Waals surface area contributed by atoms with Gasteiger partial charge in [-0.15, -0.1) is 0 Å². The molecule has 1 heterocycles. The molecule has 0 aliphatic rings. The third-order valence-corrected chi connectivity index (χ3v) is 2.53. The van der Waals surface area contributed by atoms with E-state index in [9.17, 15) is 0 Å². The van der Waals surface area contributed by atoms with Gasteiger partial charge in [-0.25, -0.2) is 0 Å². The van der Waals surface area contributed by atoms with Crippen molar-refractivity contribution in [3.05, 3.63) is 46.7 Å². The lowest BCUT2D eigenvalue weighted by molar-refractivity contribution is 0.482. The number of nitriles is 1. The SMILES string of the molecule is N#Cc1cccc(Oc2cncc(Br)c2)c1N. The van der Waals surface area contributed by atoms with Gasteiger partial charge in [0.15, 0.2) is 5.75 Å². The summed E-state index contributed by atoms with van der Waals surface area (Å²) in [6, 6.07) is 8.84. The second-order valence-corrected chi connectivity index (χ2v) is 4.19. The van der Waals surface area contributed by atoms with E-state index in [0.29, 0.717) is 22.7 Å². The zero-order valence-corrected chi connectivity index (χ0v) is 10.3. The topological polar surface area (TPSA) is 71.9 Å². The second-order valence-electron chi connectivity index (χ2n) is 3.27. The summed E-state index contributed by atoms with van der Waals surface area (Å²) in [5.74, 6) is 1.00. The van der Waals surface area contributed by atoms with Crippen molar-refractivity contribution in [2.24, 2.45) is 0 Å². The normalized spacial score (nSPS) is 9.65. The number of nitrogens with zero attached hydrogens (tertiary/aromatic N) is 2. The van der Waals surface area contributed by atoms with Crippen LogP contribution in [0.2, 0.25) is 0 Å². The van der Waals surface area contributed by atoms with Crippen LogP contribution in [0.3, 0.4) is 0 Å². The Bertz CT molecular complexity index is 593.